The van der Waals surface area contributed by atoms with Crippen LogP contribution in [0.15, 0.2) is 67.3 Å². The summed E-state index contributed by atoms with van der Waals surface area (Å²) in [6, 6.07) is 16.9. The highest BCUT2D eigenvalue weighted by Gasteiger charge is 2.02. The standard InChI is InChI=1S/C16H11IN2/c17-16-6-2-5-14(8-16)12-3-1-4-13(7-12)15-9-18-11-19-10-15/h1-11H. The first-order valence-electron chi connectivity index (χ1n) is 5.94. The van der Waals surface area contributed by atoms with E-state index in [-0.39, 0.29) is 0 Å². The summed E-state index contributed by atoms with van der Waals surface area (Å²) in [6.45, 7) is 0. The van der Waals surface area contributed by atoms with Crippen molar-refractivity contribution in [3.05, 3.63) is 70.8 Å². The number of hydrogen-bond acceptors (Lipinski definition) is 2. The molecule has 3 rings (SSSR count). The van der Waals surface area contributed by atoms with Gasteiger partial charge in [-0.25, -0.2) is 9.97 Å². The molecule has 92 valence electrons. The molecule has 1 heterocycles. The highest BCUT2D eigenvalue weighted by atomic mass is 127. The van der Waals surface area contributed by atoms with E-state index in [2.05, 4.69) is 81.1 Å². The topological polar surface area (TPSA) is 25.8 Å². The van der Waals surface area contributed by atoms with Crippen LogP contribution in [0, 0.1) is 3.57 Å². The molecule has 0 saturated carbocycles. The molecule has 19 heavy (non-hydrogen) atoms. The predicted octanol–water partition coefficient (Wildman–Crippen LogP) is 4.42. The maximum atomic E-state index is 4.07. The van der Waals surface area contributed by atoms with Gasteiger partial charge < -0.3 is 0 Å². The third kappa shape index (κ3) is 2.81. The summed E-state index contributed by atoms with van der Waals surface area (Å²) in [5.41, 5.74) is 4.61. The van der Waals surface area contributed by atoms with E-state index >= 15 is 0 Å². The molecule has 3 aromatic rings. The minimum atomic E-state index is 1.04. The second-order valence-corrected chi connectivity index (χ2v) is 5.46. The van der Waals surface area contributed by atoms with Gasteiger partial charge in [-0.05, 0) is 57.5 Å². The Hall–Kier alpha value is -1.75. The van der Waals surface area contributed by atoms with E-state index < -0.39 is 0 Å². The third-order valence-corrected chi connectivity index (χ3v) is 3.59. The molecule has 2 nitrogen and oxygen atoms in total. The van der Waals surface area contributed by atoms with Crippen molar-refractivity contribution in [1.29, 1.82) is 0 Å². The Bertz CT molecular complexity index is 696. The van der Waals surface area contributed by atoms with Crippen LogP contribution in [0.1, 0.15) is 0 Å². The molecule has 0 aliphatic carbocycles. The smallest absolute Gasteiger partial charge is 0.115 e. The molecular formula is C16H11IN2. The molecule has 0 aliphatic heterocycles. The number of aromatic nitrogens is 2. The summed E-state index contributed by atoms with van der Waals surface area (Å²) in [4.78, 5) is 8.13. The molecule has 0 aliphatic rings. The molecule has 2 aromatic carbocycles. The summed E-state index contributed by atoms with van der Waals surface area (Å²) in [6.07, 6.45) is 5.22. The average molecular weight is 358 g/mol. The fourth-order valence-corrected chi connectivity index (χ4v) is 2.54. The van der Waals surface area contributed by atoms with Crippen molar-refractivity contribution >= 4 is 22.6 Å². The third-order valence-electron chi connectivity index (χ3n) is 2.91. The first-order valence-corrected chi connectivity index (χ1v) is 7.02. The summed E-state index contributed by atoms with van der Waals surface area (Å²) < 4.78 is 1.24. The van der Waals surface area contributed by atoms with Gasteiger partial charge in [-0.1, -0.05) is 30.3 Å². The number of nitrogens with zero attached hydrogens (tertiary/aromatic N) is 2. The van der Waals surface area contributed by atoms with Crippen molar-refractivity contribution < 1.29 is 0 Å². The molecule has 3 heteroatoms. The number of hydrogen-bond donors (Lipinski definition) is 0. The molecule has 0 bridgehead atoms. The van der Waals surface area contributed by atoms with Crippen molar-refractivity contribution in [2.24, 2.45) is 0 Å². The minimum Gasteiger partial charge on any atom is -0.244 e. The van der Waals surface area contributed by atoms with Crippen LogP contribution in [0.2, 0.25) is 0 Å². The van der Waals surface area contributed by atoms with Crippen LogP contribution in [-0.2, 0) is 0 Å². The maximum Gasteiger partial charge on any atom is 0.115 e. The lowest BCUT2D eigenvalue weighted by Gasteiger charge is -2.06. The Morgan fingerprint density at radius 1 is 0.684 bits per heavy atom. The first kappa shape index (κ1) is 12.3. The SMILES string of the molecule is Ic1cccc(-c2cccc(-c3cncnc3)c2)c1. The predicted molar refractivity (Wildman–Crippen MR) is 85.6 cm³/mol. The second-order valence-electron chi connectivity index (χ2n) is 4.22. The summed E-state index contributed by atoms with van der Waals surface area (Å²) in [5.74, 6) is 0. The lowest BCUT2D eigenvalue weighted by molar-refractivity contribution is 1.17. The Morgan fingerprint density at radius 3 is 1.95 bits per heavy atom. The van der Waals surface area contributed by atoms with Crippen molar-refractivity contribution in [1.82, 2.24) is 9.97 Å². The highest BCUT2D eigenvalue weighted by molar-refractivity contribution is 14.1. The highest BCUT2D eigenvalue weighted by Crippen LogP contribution is 2.26. The van der Waals surface area contributed by atoms with Crippen LogP contribution in [0.5, 0.6) is 0 Å². The quantitative estimate of drug-likeness (QED) is 0.634. The Kier molecular flexibility index (Phi) is 3.55. The molecule has 1 aromatic heterocycles. The zero-order chi connectivity index (χ0) is 13.1. The Morgan fingerprint density at radius 2 is 1.26 bits per heavy atom. The van der Waals surface area contributed by atoms with Crippen LogP contribution in [-0.4, -0.2) is 9.97 Å². The number of halogens is 1. The van der Waals surface area contributed by atoms with Gasteiger partial charge >= 0.3 is 0 Å². The molecule has 0 saturated heterocycles. The fourth-order valence-electron chi connectivity index (χ4n) is 1.99. The molecule has 0 atom stereocenters. The van der Waals surface area contributed by atoms with Crippen LogP contribution < -0.4 is 0 Å². The van der Waals surface area contributed by atoms with Crippen LogP contribution >= 0.6 is 22.6 Å². The van der Waals surface area contributed by atoms with E-state index in [9.17, 15) is 0 Å². The van der Waals surface area contributed by atoms with Gasteiger partial charge in [0.2, 0.25) is 0 Å². The van der Waals surface area contributed by atoms with E-state index in [1.54, 1.807) is 6.33 Å². The van der Waals surface area contributed by atoms with Crippen molar-refractivity contribution in [2.75, 3.05) is 0 Å². The van der Waals surface area contributed by atoms with Crippen molar-refractivity contribution in [3.63, 3.8) is 0 Å². The Labute approximate surface area is 125 Å². The minimum absolute atomic E-state index is 1.04. The van der Waals surface area contributed by atoms with Crippen molar-refractivity contribution in [3.8, 4) is 22.3 Å². The summed E-state index contributed by atoms with van der Waals surface area (Å²) >= 11 is 2.33. The van der Waals surface area contributed by atoms with Gasteiger partial charge in [-0.15, -0.1) is 0 Å². The van der Waals surface area contributed by atoms with Gasteiger partial charge in [0.25, 0.3) is 0 Å². The molecule has 0 unspecified atom stereocenters. The van der Waals surface area contributed by atoms with Gasteiger partial charge in [0.15, 0.2) is 0 Å². The average Bonchev–Trinajstić information content (AvgIpc) is 2.48. The molecule has 0 fully saturated rings. The van der Waals surface area contributed by atoms with Crippen molar-refractivity contribution in [2.45, 2.75) is 0 Å². The van der Waals surface area contributed by atoms with Gasteiger partial charge in [0.1, 0.15) is 6.33 Å². The zero-order valence-electron chi connectivity index (χ0n) is 10.1. The normalized spacial score (nSPS) is 10.4. The Balaban J connectivity index is 2.06. The lowest BCUT2D eigenvalue weighted by atomic mass is 10.0. The van der Waals surface area contributed by atoms with E-state index in [0.29, 0.717) is 0 Å². The van der Waals surface area contributed by atoms with Gasteiger partial charge in [-0.2, -0.15) is 0 Å². The maximum absolute atomic E-state index is 4.07. The monoisotopic (exact) mass is 358 g/mol. The summed E-state index contributed by atoms with van der Waals surface area (Å²) in [5, 5.41) is 0. The fraction of sp³-hybridized carbons (Fsp3) is 0. The second kappa shape index (κ2) is 5.48. The van der Waals surface area contributed by atoms with Crippen LogP contribution in [0.4, 0.5) is 0 Å². The van der Waals surface area contributed by atoms with Gasteiger partial charge in [0.05, 0.1) is 0 Å². The molecular weight excluding hydrogens is 347 g/mol. The van der Waals surface area contributed by atoms with Gasteiger partial charge in [-0.3, -0.25) is 0 Å². The first-order chi connectivity index (χ1) is 9.33. The van der Waals surface area contributed by atoms with Crippen LogP contribution in [0.3, 0.4) is 0 Å². The molecule has 0 amide bonds. The van der Waals surface area contributed by atoms with E-state index in [4.69, 9.17) is 0 Å². The molecule has 0 spiro atoms. The number of benzene rings is 2. The largest absolute Gasteiger partial charge is 0.244 e. The van der Waals surface area contributed by atoms with Gasteiger partial charge in [0, 0.05) is 21.5 Å². The molecule has 0 radical (unpaired) electrons. The zero-order valence-corrected chi connectivity index (χ0v) is 12.3. The van der Waals surface area contributed by atoms with E-state index in [1.807, 2.05) is 12.4 Å². The lowest BCUT2D eigenvalue weighted by Crippen LogP contribution is -1.84. The van der Waals surface area contributed by atoms with Crippen LogP contribution in [0.25, 0.3) is 22.3 Å². The number of rotatable bonds is 2. The summed E-state index contributed by atoms with van der Waals surface area (Å²) in [7, 11) is 0. The van der Waals surface area contributed by atoms with E-state index in [1.165, 1.54) is 14.7 Å². The molecule has 0 N–H and O–H groups in total. The van der Waals surface area contributed by atoms with E-state index in [0.717, 1.165) is 11.1 Å².